The van der Waals surface area contributed by atoms with Crippen molar-refractivity contribution in [1.29, 1.82) is 0 Å². The quantitative estimate of drug-likeness (QED) is 0.792. The second-order valence-electron chi connectivity index (χ2n) is 4.23. The van der Waals surface area contributed by atoms with Crippen molar-refractivity contribution in [2.45, 2.75) is 12.8 Å². The number of rotatable bonds is 3. The van der Waals surface area contributed by atoms with Crippen molar-refractivity contribution in [3.05, 3.63) is 41.9 Å². The highest BCUT2D eigenvalue weighted by Crippen LogP contribution is 2.32. The van der Waals surface area contributed by atoms with Gasteiger partial charge in [-0.25, -0.2) is 0 Å². The van der Waals surface area contributed by atoms with Crippen LogP contribution in [0.1, 0.15) is 18.5 Å². The summed E-state index contributed by atoms with van der Waals surface area (Å²) < 4.78 is 2.05. The number of carboxylic acid groups (broad SMARTS) is 1. The molecule has 1 aromatic rings. The van der Waals surface area contributed by atoms with Crippen molar-refractivity contribution in [3.8, 4) is 0 Å². The van der Waals surface area contributed by atoms with Crippen molar-refractivity contribution in [3.63, 3.8) is 0 Å². The van der Waals surface area contributed by atoms with Gasteiger partial charge in [-0.2, -0.15) is 0 Å². The van der Waals surface area contributed by atoms with Crippen LogP contribution in [0.15, 0.2) is 36.2 Å². The number of carbonyl (C=O) groups is 1. The Morgan fingerprint density at radius 1 is 1.53 bits per heavy atom. The molecule has 0 unspecified atom stereocenters. The summed E-state index contributed by atoms with van der Waals surface area (Å²) in [5, 5.41) is 8.81. The van der Waals surface area contributed by atoms with E-state index in [0.717, 1.165) is 23.5 Å². The second-order valence-corrected chi connectivity index (χ2v) is 4.23. The zero-order valence-electron chi connectivity index (χ0n) is 9.34. The third-order valence-corrected chi connectivity index (χ3v) is 3.14. The number of nitrogens with zero attached hydrogens (tertiary/aromatic N) is 2. The van der Waals surface area contributed by atoms with Crippen LogP contribution in [0.3, 0.4) is 0 Å². The molecule has 0 amide bonds. The smallest absolute Gasteiger partial charge is 0.396 e. The molecule has 0 saturated heterocycles. The van der Waals surface area contributed by atoms with Gasteiger partial charge in [0.05, 0.1) is 0 Å². The second kappa shape index (κ2) is 3.84. The van der Waals surface area contributed by atoms with Crippen LogP contribution in [0.4, 0.5) is 0 Å². The predicted molar refractivity (Wildman–Crippen MR) is 65.2 cm³/mol. The summed E-state index contributed by atoms with van der Waals surface area (Å²) in [7, 11) is 2.05. The summed E-state index contributed by atoms with van der Waals surface area (Å²) in [5.74, 6) is -0.751. The first kappa shape index (κ1) is 10.3. The van der Waals surface area contributed by atoms with Crippen LogP contribution in [-0.2, 0) is 4.79 Å². The van der Waals surface area contributed by atoms with Crippen molar-refractivity contribution in [2.24, 2.45) is 0 Å². The first-order chi connectivity index (χ1) is 8.25. The fourth-order valence-electron chi connectivity index (χ4n) is 2.38. The topological polar surface area (TPSA) is 45.5 Å². The largest absolute Gasteiger partial charge is 0.481 e. The molecule has 3 heterocycles. The Balaban J connectivity index is 1.99. The Kier molecular flexibility index (Phi) is 2.32. The lowest BCUT2D eigenvalue weighted by molar-refractivity contribution is -0.136. The summed E-state index contributed by atoms with van der Waals surface area (Å²) in [4.78, 5) is 12.9. The van der Waals surface area contributed by atoms with E-state index in [-0.39, 0.29) is 6.42 Å². The third kappa shape index (κ3) is 1.67. The molecule has 2 aliphatic heterocycles. The molecule has 0 bridgehead atoms. The van der Waals surface area contributed by atoms with Gasteiger partial charge >= 0.3 is 13.5 Å². The summed E-state index contributed by atoms with van der Waals surface area (Å²) in [6, 6.07) is 4.02. The molecular formula is C12H12BN2O2. The summed E-state index contributed by atoms with van der Waals surface area (Å²) >= 11 is 0. The van der Waals surface area contributed by atoms with Crippen molar-refractivity contribution in [1.82, 2.24) is 9.29 Å². The molecule has 0 fully saturated rings. The highest BCUT2D eigenvalue weighted by Gasteiger charge is 2.26. The van der Waals surface area contributed by atoms with Crippen LogP contribution in [-0.4, -0.2) is 34.5 Å². The van der Waals surface area contributed by atoms with E-state index in [2.05, 4.69) is 24.5 Å². The highest BCUT2D eigenvalue weighted by molar-refractivity contribution is 6.33. The van der Waals surface area contributed by atoms with E-state index < -0.39 is 5.97 Å². The van der Waals surface area contributed by atoms with Crippen LogP contribution in [0.5, 0.6) is 0 Å². The molecule has 1 aromatic heterocycles. The molecule has 2 aliphatic rings. The number of aliphatic carboxylic acids is 1. The average Bonchev–Trinajstić information content (AvgIpc) is 2.90. The number of hydrogen-bond acceptors (Lipinski definition) is 2. The monoisotopic (exact) mass is 227 g/mol. The SMILES string of the molecule is O=C(O)CCC1=C2C=CCN2[B]n2cccc21. The Hall–Kier alpha value is -1.91. The first-order valence-electron chi connectivity index (χ1n) is 5.66. The Labute approximate surface area is 100 Å². The highest BCUT2D eigenvalue weighted by atomic mass is 16.4. The molecule has 3 rings (SSSR count). The number of carboxylic acids is 1. The van der Waals surface area contributed by atoms with E-state index in [1.54, 1.807) is 0 Å². The van der Waals surface area contributed by atoms with Crippen molar-refractivity contribution >= 4 is 19.1 Å². The summed E-state index contributed by atoms with van der Waals surface area (Å²) in [6.45, 7) is 0.865. The maximum atomic E-state index is 10.7. The number of hydrogen-bond donors (Lipinski definition) is 1. The molecule has 0 aromatic carbocycles. The maximum absolute atomic E-state index is 10.7. The van der Waals surface area contributed by atoms with Crippen molar-refractivity contribution < 1.29 is 9.90 Å². The van der Waals surface area contributed by atoms with Gasteiger partial charge in [-0.1, -0.05) is 6.08 Å². The fraction of sp³-hybridized carbons (Fsp3) is 0.250. The van der Waals surface area contributed by atoms with E-state index in [4.69, 9.17) is 5.11 Å². The molecule has 4 nitrogen and oxygen atoms in total. The summed E-state index contributed by atoms with van der Waals surface area (Å²) in [5.41, 5.74) is 3.36. The summed E-state index contributed by atoms with van der Waals surface area (Å²) in [6.07, 6.45) is 6.91. The van der Waals surface area contributed by atoms with Gasteiger partial charge in [0.25, 0.3) is 0 Å². The van der Waals surface area contributed by atoms with Gasteiger partial charge in [-0.3, -0.25) is 4.79 Å². The zero-order valence-corrected chi connectivity index (χ0v) is 9.34. The van der Waals surface area contributed by atoms with Crippen LogP contribution in [0.2, 0.25) is 0 Å². The van der Waals surface area contributed by atoms with Gasteiger partial charge in [-0.15, -0.1) is 0 Å². The molecule has 5 heteroatoms. The molecular weight excluding hydrogens is 215 g/mol. The van der Waals surface area contributed by atoms with Crippen LogP contribution < -0.4 is 0 Å². The fourth-order valence-corrected chi connectivity index (χ4v) is 2.38. The van der Waals surface area contributed by atoms with Crippen molar-refractivity contribution in [2.75, 3.05) is 6.54 Å². The average molecular weight is 227 g/mol. The molecule has 0 spiro atoms. The van der Waals surface area contributed by atoms with Gasteiger partial charge in [0.15, 0.2) is 0 Å². The van der Waals surface area contributed by atoms with Crippen LogP contribution in [0, 0.1) is 0 Å². The lowest BCUT2D eigenvalue weighted by Crippen LogP contribution is -2.34. The molecule has 17 heavy (non-hydrogen) atoms. The molecule has 1 radical (unpaired) electrons. The number of fused-ring (bicyclic) bond motifs is 2. The Bertz CT molecular complexity index is 530. The van der Waals surface area contributed by atoms with E-state index in [9.17, 15) is 4.79 Å². The minimum absolute atomic E-state index is 0.172. The van der Waals surface area contributed by atoms with Gasteiger partial charge in [-0.05, 0) is 36.4 Å². The van der Waals surface area contributed by atoms with E-state index in [1.807, 2.05) is 22.8 Å². The Morgan fingerprint density at radius 2 is 2.41 bits per heavy atom. The molecule has 0 aliphatic carbocycles. The number of allylic oxidation sites excluding steroid dienone is 2. The molecule has 0 atom stereocenters. The van der Waals surface area contributed by atoms with E-state index in [1.165, 1.54) is 0 Å². The molecule has 1 N–H and O–H groups in total. The van der Waals surface area contributed by atoms with Gasteiger partial charge in [0.1, 0.15) is 0 Å². The normalized spacial score (nSPS) is 16.8. The van der Waals surface area contributed by atoms with Gasteiger partial charge < -0.3 is 14.4 Å². The van der Waals surface area contributed by atoms with E-state index in [0.29, 0.717) is 6.42 Å². The lowest BCUT2D eigenvalue weighted by atomic mass is 9.94. The minimum Gasteiger partial charge on any atom is -0.481 e. The standard InChI is InChI=1S/C12H12BN2O2/c16-12(17)6-5-9-10-3-1-7-14(10)13-15-8-2-4-11(9)15/h1-4,7H,5-6,8H2,(H,16,17). The molecule has 0 saturated carbocycles. The first-order valence-corrected chi connectivity index (χ1v) is 5.66. The number of aromatic nitrogens is 1. The maximum Gasteiger partial charge on any atom is 0.396 e. The van der Waals surface area contributed by atoms with Gasteiger partial charge in [0.2, 0.25) is 0 Å². The zero-order chi connectivity index (χ0) is 11.8. The van der Waals surface area contributed by atoms with Crippen LogP contribution in [0.25, 0.3) is 5.57 Å². The predicted octanol–water partition coefficient (Wildman–Crippen LogP) is 1.33. The van der Waals surface area contributed by atoms with Gasteiger partial charge in [0, 0.05) is 24.4 Å². The minimum atomic E-state index is -0.751. The third-order valence-electron chi connectivity index (χ3n) is 3.14. The Morgan fingerprint density at radius 3 is 3.24 bits per heavy atom. The van der Waals surface area contributed by atoms with Crippen LogP contribution >= 0.6 is 0 Å². The molecule has 85 valence electrons. The van der Waals surface area contributed by atoms with E-state index >= 15 is 0 Å². The lowest BCUT2D eigenvalue weighted by Gasteiger charge is -2.29.